The summed E-state index contributed by atoms with van der Waals surface area (Å²) in [5, 5.41) is 0. The predicted octanol–water partition coefficient (Wildman–Crippen LogP) is 2.81. The molecule has 0 amide bonds. The molecule has 0 radical (unpaired) electrons. The van der Waals surface area contributed by atoms with Gasteiger partial charge in [-0.2, -0.15) is 0 Å². The van der Waals surface area contributed by atoms with Crippen LogP contribution in [-0.4, -0.2) is 18.0 Å². The smallest absolute Gasteiger partial charge is 0.0346 e. The Hall–Kier alpha value is -1.02. The van der Waals surface area contributed by atoms with Crippen molar-refractivity contribution in [2.75, 3.05) is 18.8 Å². The van der Waals surface area contributed by atoms with E-state index in [0.717, 1.165) is 30.9 Å². The molecule has 0 saturated carbocycles. The van der Waals surface area contributed by atoms with Gasteiger partial charge in [-0.05, 0) is 43.6 Å². The number of benzene rings is 1. The fourth-order valence-corrected chi connectivity index (χ4v) is 1.71. The summed E-state index contributed by atoms with van der Waals surface area (Å²) in [6.45, 7) is 9.73. The molecule has 1 rings (SSSR count). The average molecular weight is 206 g/mol. The minimum atomic E-state index is 0.903. The summed E-state index contributed by atoms with van der Waals surface area (Å²) in [5.74, 6) is 0. The Bertz CT molecular complexity index is 307. The van der Waals surface area contributed by atoms with Gasteiger partial charge >= 0.3 is 0 Å². The van der Waals surface area contributed by atoms with Gasteiger partial charge in [-0.1, -0.05) is 26.0 Å². The number of anilines is 1. The third kappa shape index (κ3) is 3.56. The minimum absolute atomic E-state index is 0.903. The summed E-state index contributed by atoms with van der Waals surface area (Å²) < 4.78 is 0. The van der Waals surface area contributed by atoms with Gasteiger partial charge in [0.1, 0.15) is 0 Å². The van der Waals surface area contributed by atoms with Gasteiger partial charge in [0, 0.05) is 12.2 Å². The first-order chi connectivity index (χ1) is 7.17. The molecule has 0 aliphatic carbocycles. The van der Waals surface area contributed by atoms with Crippen LogP contribution < -0.4 is 5.73 Å². The molecule has 1 aromatic rings. The molecule has 0 aromatic heterocycles. The van der Waals surface area contributed by atoms with Gasteiger partial charge in [-0.25, -0.2) is 0 Å². The van der Waals surface area contributed by atoms with E-state index in [1.54, 1.807) is 0 Å². The number of hydrogen-bond donors (Lipinski definition) is 1. The standard InChI is InChI=1S/C13H22N2/c1-4-8-15(5-2)10-12-7-6-11(3)13(14)9-12/h6-7,9H,4-5,8,10,14H2,1-3H3. The van der Waals surface area contributed by atoms with Crippen molar-refractivity contribution in [2.24, 2.45) is 0 Å². The Labute approximate surface area is 93.1 Å². The third-order valence-corrected chi connectivity index (χ3v) is 2.74. The van der Waals surface area contributed by atoms with E-state index in [0.29, 0.717) is 0 Å². The lowest BCUT2D eigenvalue weighted by atomic mass is 10.1. The Kier molecular flexibility index (Phi) is 4.63. The van der Waals surface area contributed by atoms with Gasteiger partial charge in [-0.3, -0.25) is 4.90 Å². The highest BCUT2D eigenvalue weighted by atomic mass is 15.1. The van der Waals surface area contributed by atoms with Crippen LogP contribution in [0.2, 0.25) is 0 Å². The van der Waals surface area contributed by atoms with Crippen LogP contribution in [0, 0.1) is 6.92 Å². The van der Waals surface area contributed by atoms with Crippen LogP contribution in [0.15, 0.2) is 18.2 Å². The summed E-state index contributed by atoms with van der Waals surface area (Å²) in [6, 6.07) is 6.36. The average Bonchev–Trinajstić information content (AvgIpc) is 2.23. The van der Waals surface area contributed by atoms with Crippen molar-refractivity contribution >= 4 is 5.69 Å². The molecule has 0 spiro atoms. The number of rotatable bonds is 5. The highest BCUT2D eigenvalue weighted by molar-refractivity contribution is 5.48. The molecule has 0 aliphatic heterocycles. The first-order valence-electron chi connectivity index (χ1n) is 5.74. The summed E-state index contributed by atoms with van der Waals surface area (Å²) in [4.78, 5) is 2.43. The van der Waals surface area contributed by atoms with Gasteiger partial charge in [-0.15, -0.1) is 0 Å². The largest absolute Gasteiger partial charge is 0.399 e. The zero-order chi connectivity index (χ0) is 11.3. The van der Waals surface area contributed by atoms with Crippen LogP contribution in [0.4, 0.5) is 5.69 Å². The second kappa shape index (κ2) is 5.76. The molecule has 0 unspecified atom stereocenters. The third-order valence-electron chi connectivity index (χ3n) is 2.74. The van der Waals surface area contributed by atoms with E-state index in [4.69, 9.17) is 5.73 Å². The maximum absolute atomic E-state index is 5.89. The van der Waals surface area contributed by atoms with E-state index in [2.05, 4.69) is 36.9 Å². The van der Waals surface area contributed by atoms with Crippen LogP contribution >= 0.6 is 0 Å². The molecular weight excluding hydrogens is 184 g/mol. The monoisotopic (exact) mass is 206 g/mol. The molecule has 15 heavy (non-hydrogen) atoms. The van der Waals surface area contributed by atoms with E-state index in [9.17, 15) is 0 Å². The van der Waals surface area contributed by atoms with E-state index in [-0.39, 0.29) is 0 Å². The van der Waals surface area contributed by atoms with E-state index in [1.165, 1.54) is 12.0 Å². The van der Waals surface area contributed by atoms with Gasteiger partial charge in [0.15, 0.2) is 0 Å². The molecule has 0 aliphatic rings. The molecule has 84 valence electrons. The Balaban J connectivity index is 2.66. The molecule has 0 bridgehead atoms. The molecular formula is C13H22N2. The predicted molar refractivity (Wildman–Crippen MR) is 66.8 cm³/mol. The second-order valence-corrected chi connectivity index (χ2v) is 4.06. The quantitative estimate of drug-likeness (QED) is 0.751. The first kappa shape index (κ1) is 12.1. The van der Waals surface area contributed by atoms with Gasteiger partial charge in [0.25, 0.3) is 0 Å². The number of nitrogens with two attached hydrogens (primary N) is 1. The molecule has 0 fully saturated rings. The van der Waals surface area contributed by atoms with Crippen LogP contribution in [-0.2, 0) is 6.54 Å². The molecule has 2 nitrogen and oxygen atoms in total. The fourth-order valence-electron chi connectivity index (χ4n) is 1.71. The van der Waals surface area contributed by atoms with Crippen LogP contribution in [0.5, 0.6) is 0 Å². The Morgan fingerprint density at radius 3 is 2.53 bits per heavy atom. The highest BCUT2D eigenvalue weighted by Crippen LogP contribution is 2.14. The Morgan fingerprint density at radius 1 is 1.27 bits per heavy atom. The summed E-state index contributed by atoms with van der Waals surface area (Å²) in [6.07, 6.45) is 1.20. The molecule has 0 atom stereocenters. The zero-order valence-corrected chi connectivity index (χ0v) is 10.1. The number of aryl methyl sites for hydroxylation is 1. The van der Waals surface area contributed by atoms with Crippen molar-refractivity contribution < 1.29 is 0 Å². The lowest BCUT2D eigenvalue weighted by Gasteiger charge is -2.19. The topological polar surface area (TPSA) is 29.3 Å². The summed E-state index contributed by atoms with van der Waals surface area (Å²) in [7, 11) is 0. The Morgan fingerprint density at radius 2 is 2.00 bits per heavy atom. The normalized spacial score (nSPS) is 10.9. The molecule has 0 heterocycles. The second-order valence-electron chi connectivity index (χ2n) is 4.06. The molecule has 2 N–H and O–H groups in total. The lowest BCUT2D eigenvalue weighted by molar-refractivity contribution is 0.280. The SMILES string of the molecule is CCCN(CC)Cc1ccc(C)c(N)c1. The summed E-state index contributed by atoms with van der Waals surface area (Å²) >= 11 is 0. The van der Waals surface area contributed by atoms with Crippen molar-refractivity contribution in [2.45, 2.75) is 33.7 Å². The number of nitrogens with zero attached hydrogens (tertiary/aromatic N) is 1. The van der Waals surface area contributed by atoms with Crippen LogP contribution in [0.3, 0.4) is 0 Å². The number of hydrogen-bond acceptors (Lipinski definition) is 2. The van der Waals surface area contributed by atoms with Crippen molar-refractivity contribution in [3.8, 4) is 0 Å². The minimum Gasteiger partial charge on any atom is -0.399 e. The number of nitrogen functional groups attached to an aromatic ring is 1. The van der Waals surface area contributed by atoms with Crippen molar-refractivity contribution in [3.05, 3.63) is 29.3 Å². The molecule has 1 aromatic carbocycles. The molecule has 2 heteroatoms. The van der Waals surface area contributed by atoms with E-state index < -0.39 is 0 Å². The maximum Gasteiger partial charge on any atom is 0.0346 e. The molecule has 0 saturated heterocycles. The van der Waals surface area contributed by atoms with Gasteiger partial charge in [0.2, 0.25) is 0 Å². The van der Waals surface area contributed by atoms with Crippen molar-refractivity contribution in [3.63, 3.8) is 0 Å². The van der Waals surface area contributed by atoms with E-state index in [1.807, 2.05) is 6.92 Å². The van der Waals surface area contributed by atoms with Crippen molar-refractivity contribution in [1.29, 1.82) is 0 Å². The zero-order valence-electron chi connectivity index (χ0n) is 10.1. The van der Waals surface area contributed by atoms with Crippen molar-refractivity contribution in [1.82, 2.24) is 4.90 Å². The summed E-state index contributed by atoms with van der Waals surface area (Å²) in [5.41, 5.74) is 9.27. The maximum atomic E-state index is 5.89. The van der Waals surface area contributed by atoms with E-state index >= 15 is 0 Å². The fraction of sp³-hybridized carbons (Fsp3) is 0.538. The van der Waals surface area contributed by atoms with Gasteiger partial charge in [0.05, 0.1) is 0 Å². The lowest BCUT2D eigenvalue weighted by Crippen LogP contribution is -2.23. The van der Waals surface area contributed by atoms with Gasteiger partial charge < -0.3 is 5.73 Å². The first-order valence-corrected chi connectivity index (χ1v) is 5.74. The van der Waals surface area contributed by atoms with Crippen LogP contribution in [0.25, 0.3) is 0 Å². The highest BCUT2D eigenvalue weighted by Gasteiger charge is 2.03. The van der Waals surface area contributed by atoms with Crippen LogP contribution in [0.1, 0.15) is 31.4 Å².